The van der Waals surface area contributed by atoms with Crippen LogP contribution in [-0.2, 0) is 14.3 Å². The Morgan fingerprint density at radius 3 is 2.63 bits per heavy atom. The monoisotopic (exact) mass is 261 g/mol. The molecule has 1 aromatic rings. The van der Waals surface area contributed by atoms with Crippen molar-refractivity contribution in [2.24, 2.45) is 0 Å². The van der Waals surface area contributed by atoms with Crippen LogP contribution in [0.3, 0.4) is 0 Å². The molecule has 19 heavy (non-hydrogen) atoms. The number of allylic oxidation sites excluding steroid dienone is 1. The van der Waals surface area contributed by atoms with E-state index in [0.29, 0.717) is 13.0 Å². The first-order valence-electron chi connectivity index (χ1n) is 6.18. The third kappa shape index (κ3) is 5.38. The van der Waals surface area contributed by atoms with Crippen molar-refractivity contribution in [1.82, 2.24) is 5.32 Å². The Labute approximate surface area is 113 Å². The van der Waals surface area contributed by atoms with Crippen molar-refractivity contribution in [1.29, 1.82) is 0 Å². The summed E-state index contributed by atoms with van der Waals surface area (Å²) in [5, 5.41) is 2.69. The fraction of sp³-hybridized carbons (Fsp3) is 0.333. The topological polar surface area (TPSA) is 55.4 Å². The molecule has 0 radical (unpaired) electrons. The highest BCUT2D eigenvalue weighted by Crippen LogP contribution is 2.20. The van der Waals surface area contributed by atoms with Gasteiger partial charge in [0.2, 0.25) is 5.91 Å². The number of amides is 1. The number of ether oxygens (including phenoxy) is 1. The van der Waals surface area contributed by atoms with E-state index in [9.17, 15) is 9.59 Å². The van der Waals surface area contributed by atoms with Gasteiger partial charge in [0.25, 0.3) is 0 Å². The van der Waals surface area contributed by atoms with E-state index in [4.69, 9.17) is 0 Å². The minimum Gasteiger partial charge on any atom is -0.469 e. The van der Waals surface area contributed by atoms with Crippen LogP contribution < -0.4 is 5.32 Å². The van der Waals surface area contributed by atoms with E-state index in [0.717, 1.165) is 5.56 Å². The second-order valence-corrected chi connectivity index (χ2v) is 4.13. The molecule has 0 saturated heterocycles. The maximum atomic E-state index is 11.7. The Morgan fingerprint density at radius 1 is 1.37 bits per heavy atom. The maximum absolute atomic E-state index is 11.7. The van der Waals surface area contributed by atoms with Gasteiger partial charge in [0, 0.05) is 18.9 Å². The van der Waals surface area contributed by atoms with Crippen molar-refractivity contribution < 1.29 is 14.3 Å². The van der Waals surface area contributed by atoms with Crippen LogP contribution in [0, 0.1) is 0 Å². The molecule has 0 aliphatic rings. The van der Waals surface area contributed by atoms with Gasteiger partial charge >= 0.3 is 5.97 Å². The van der Waals surface area contributed by atoms with Gasteiger partial charge in [-0.05, 0) is 5.56 Å². The number of carbonyl (C=O) groups excluding carboxylic acids is 2. The molecule has 1 rings (SSSR count). The van der Waals surface area contributed by atoms with Crippen molar-refractivity contribution in [3.63, 3.8) is 0 Å². The molecule has 0 heterocycles. The van der Waals surface area contributed by atoms with E-state index in [1.165, 1.54) is 7.11 Å². The molecule has 0 fully saturated rings. The predicted molar refractivity (Wildman–Crippen MR) is 73.6 cm³/mol. The number of hydrogen-bond donors (Lipinski definition) is 1. The van der Waals surface area contributed by atoms with Crippen LogP contribution in [0.5, 0.6) is 0 Å². The van der Waals surface area contributed by atoms with Crippen molar-refractivity contribution in [2.75, 3.05) is 13.7 Å². The van der Waals surface area contributed by atoms with Crippen LogP contribution in [-0.4, -0.2) is 25.5 Å². The molecule has 0 unspecified atom stereocenters. The van der Waals surface area contributed by atoms with E-state index in [-0.39, 0.29) is 24.2 Å². The standard InChI is InChI=1S/C15H19NO3/c1-3-12(13-7-5-4-6-8-13)11-14(17)16-10-9-15(18)19-2/h3-8,12H,1,9-11H2,2H3,(H,16,17)/t12-/m0/s1. The number of rotatable bonds is 7. The second-order valence-electron chi connectivity index (χ2n) is 4.13. The zero-order chi connectivity index (χ0) is 14.1. The van der Waals surface area contributed by atoms with E-state index in [1.54, 1.807) is 6.08 Å². The van der Waals surface area contributed by atoms with Gasteiger partial charge in [-0.2, -0.15) is 0 Å². The lowest BCUT2D eigenvalue weighted by molar-refractivity contribution is -0.140. The van der Waals surface area contributed by atoms with Gasteiger partial charge in [-0.3, -0.25) is 9.59 Å². The number of hydrogen-bond acceptors (Lipinski definition) is 3. The van der Waals surface area contributed by atoms with Gasteiger partial charge in [0.15, 0.2) is 0 Å². The summed E-state index contributed by atoms with van der Waals surface area (Å²) in [6.07, 6.45) is 2.27. The zero-order valence-electron chi connectivity index (χ0n) is 11.1. The molecule has 4 nitrogen and oxygen atoms in total. The third-order valence-electron chi connectivity index (χ3n) is 2.80. The number of esters is 1. The molecular formula is C15H19NO3. The quantitative estimate of drug-likeness (QED) is 0.603. The largest absolute Gasteiger partial charge is 0.469 e. The van der Waals surface area contributed by atoms with Crippen LogP contribution in [0.4, 0.5) is 0 Å². The number of nitrogens with one attached hydrogen (secondary N) is 1. The Morgan fingerprint density at radius 2 is 2.05 bits per heavy atom. The first kappa shape index (κ1) is 15.0. The first-order valence-corrected chi connectivity index (χ1v) is 6.18. The molecule has 1 aromatic carbocycles. The van der Waals surface area contributed by atoms with E-state index in [2.05, 4.69) is 16.6 Å². The fourth-order valence-corrected chi connectivity index (χ4v) is 1.72. The average molecular weight is 261 g/mol. The van der Waals surface area contributed by atoms with Crippen molar-refractivity contribution in [3.05, 3.63) is 48.6 Å². The van der Waals surface area contributed by atoms with Crippen LogP contribution >= 0.6 is 0 Å². The molecule has 1 amide bonds. The average Bonchev–Trinajstić information content (AvgIpc) is 2.45. The molecule has 0 saturated carbocycles. The summed E-state index contributed by atoms with van der Waals surface area (Å²) in [6, 6.07) is 9.73. The van der Waals surface area contributed by atoms with Gasteiger partial charge in [-0.25, -0.2) is 0 Å². The Hall–Kier alpha value is -2.10. The summed E-state index contributed by atoms with van der Waals surface area (Å²) in [5.74, 6) is -0.444. The third-order valence-corrected chi connectivity index (χ3v) is 2.80. The van der Waals surface area contributed by atoms with Gasteiger partial charge in [-0.1, -0.05) is 36.4 Å². The molecule has 0 bridgehead atoms. The zero-order valence-corrected chi connectivity index (χ0v) is 11.1. The fourth-order valence-electron chi connectivity index (χ4n) is 1.72. The van der Waals surface area contributed by atoms with Crippen LogP contribution in [0.1, 0.15) is 24.3 Å². The Bertz CT molecular complexity index is 428. The molecule has 0 aliphatic heterocycles. The lowest BCUT2D eigenvalue weighted by atomic mass is 9.95. The maximum Gasteiger partial charge on any atom is 0.307 e. The lowest BCUT2D eigenvalue weighted by Gasteiger charge is -2.12. The normalized spacial score (nSPS) is 11.4. The van der Waals surface area contributed by atoms with Crippen LogP contribution in [0.15, 0.2) is 43.0 Å². The van der Waals surface area contributed by atoms with Gasteiger partial charge < -0.3 is 10.1 Å². The molecular weight excluding hydrogens is 242 g/mol. The molecule has 102 valence electrons. The molecule has 4 heteroatoms. The Balaban J connectivity index is 2.42. The first-order chi connectivity index (χ1) is 9.17. The van der Waals surface area contributed by atoms with Crippen LogP contribution in [0.2, 0.25) is 0 Å². The summed E-state index contributed by atoms with van der Waals surface area (Å²) in [4.78, 5) is 22.6. The van der Waals surface area contributed by atoms with E-state index < -0.39 is 0 Å². The van der Waals surface area contributed by atoms with E-state index >= 15 is 0 Å². The molecule has 0 aromatic heterocycles. The number of benzene rings is 1. The summed E-state index contributed by atoms with van der Waals surface area (Å²) in [5.41, 5.74) is 1.06. The van der Waals surface area contributed by atoms with Crippen molar-refractivity contribution >= 4 is 11.9 Å². The summed E-state index contributed by atoms with van der Waals surface area (Å²) in [6.45, 7) is 4.05. The minimum atomic E-state index is -0.330. The minimum absolute atomic E-state index is 0.0145. The van der Waals surface area contributed by atoms with Crippen molar-refractivity contribution in [3.8, 4) is 0 Å². The Kier molecular flexibility index (Phi) is 6.36. The highest BCUT2D eigenvalue weighted by molar-refractivity contribution is 5.78. The SMILES string of the molecule is C=C[C@@H](CC(=O)NCCC(=O)OC)c1ccccc1. The predicted octanol–water partition coefficient (Wildman–Crippen LogP) is 2.03. The number of carbonyl (C=O) groups is 2. The molecule has 1 N–H and O–H groups in total. The highest BCUT2D eigenvalue weighted by atomic mass is 16.5. The van der Waals surface area contributed by atoms with Gasteiger partial charge in [-0.15, -0.1) is 6.58 Å². The highest BCUT2D eigenvalue weighted by Gasteiger charge is 2.12. The lowest BCUT2D eigenvalue weighted by Crippen LogP contribution is -2.27. The molecule has 0 spiro atoms. The molecule has 1 atom stereocenters. The second kappa shape index (κ2) is 8.08. The van der Waals surface area contributed by atoms with Gasteiger partial charge in [0.1, 0.15) is 0 Å². The number of methoxy groups -OCH3 is 1. The molecule has 0 aliphatic carbocycles. The van der Waals surface area contributed by atoms with Crippen LogP contribution in [0.25, 0.3) is 0 Å². The smallest absolute Gasteiger partial charge is 0.307 e. The summed E-state index contributed by atoms with van der Waals surface area (Å²) in [7, 11) is 1.33. The van der Waals surface area contributed by atoms with Crippen molar-refractivity contribution in [2.45, 2.75) is 18.8 Å². The summed E-state index contributed by atoms with van der Waals surface area (Å²) < 4.78 is 4.50. The van der Waals surface area contributed by atoms with E-state index in [1.807, 2.05) is 30.3 Å². The summed E-state index contributed by atoms with van der Waals surface area (Å²) >= 11 is 0. The van der Waals surface area contributed by atoms with Gasteiger partial charge in [0.05, 0.1) is 13.5 Å².